The van der Waals surface area contributed by atoms with Gasteiger partial charge < -0.3 is 4.57 Å². The summed E-state index contributed by atoms with van der Waals surface area (Å²) in [6.45, 7) is 8.16. The Labute approximate surface area is 136 Å². The molecule has 21 heavy (non-hydrogen) atoms. The number of rotatable bonds is 5. The fourth-order valence-electron chi connectivity index (χ4n) is 2.55. The number of aryl methyl sites for hydroxylation is 1. The summed E-state index contributed by atoms with van der Waals surface area (Å²) in [5.41, 5.74) is 0.864. The number of aromatic nitrogens is 1. The third-order valence-electron chi connectivity index (χ3n) is 3.59. The van der Waals surface area contributed by atoms with Gasteiger partial charge in [-0.15, -0.1) is 11.6 Å². The molecule has 120 valence electrons. The smallest absolute Gasteiger partial charge is 0.244 e. The van der Waals surface area contributed by atoms with Crippen LogP contribution in [0.1, 0.15) is 32.9 Å². The highest BCUT2D eigenvalue weighted by molar-refractivity contribution is 8.00. The number of thioether (sulfide) groups is 1. The van der Waals surface area contributed by atoms with E-state index < -0.39 is 10.0 Å². The molecule has 0 aliphatic carbocycles. The summed E-state index contributed by atoms with van der Waals surface area (Å²) in [5.74, 6) is 1.17. The summed E-state index contributed by atoms with van der Waals surface area (Å²) in [4.78, 5) is 0.370. The average molecular weight is 351 g/mol. The van der Waals surface area contributed by atoms with E-state index in [1.165, 1.54) is 0 Å². The number of nitrogens with zero attached hydrogens (tertiary/aromatic N) is 2. The summed E-state index contributed by atoms with van der Waals surface area (Å²) < 4.78 is 29.2. The normalized spacial score (nSPS) is 19.8. The van der Waals surface area contributed by atoms with Crippen LogP contribution < -0.4 is 0 Å². The Bertz CT molecular complexity index is 596. The van der Waals surface area contributed by atoms with Crippen molar-refractivity contribution in [3.8, 4) is 0 Å². The van der Waals surface area contributed by atoms with Crippen molar-refractivity contribution in [2.75, 3.05) is 18.8 Å². The maximum atomic E-state index is 12.8. The zero-order chi connectivity index (χ0) is 15.7. The van der Waals surface area contributed by atoms with E-state index in [1.54, 1.807) is 16.6 Å². The number of sulfonamides is 1. The molecule has 4 nitrogen and oxygen atoms in total. The lowest BCUT2D eigenvalue weighted by Gasteiger charge is -2.36. The van der Waals surface area contributed by atoms with Crippen LogP contribution in [0.25, 0.3) is 0 Å². The highest BCUT2D eigenvalue weighted by atomic mass is 35.5. The molecule has 1 aromatic rings. The molecule has 1 aliphatic rings. The Hall–Kier alpha value is -0.170. The summed E-state index contributed by atoms with van der Waals surface area (Å²) in [6, 6.07) is 1.72. The van der Waals surface area contributed by atoms with E-state index in [0.717, 1.165) is 24.4 Å². The van der Waals surface area contributed by atoms with Gasteiger partial charge in [0.25, 0.3) is 0 Å². The van der Waals surface area contributed by atoms with E-state index in [9.17, 15) is 8.42 Å². The van der Waals surface area contributed by atoms with Crippen LogP contribution in [-0.2, 0) is 22.4 Å². The summed E-state index contributed by atoms with van der Waals surface area (Å²) >= 11 is 7.75. The molecule has 1 saturated heterocycles. The third kappa shape index (κ3) is 3.78. The monoisotopic (exact) mass is 350 g/mol. The molecule has 0 atom stereocenters. The molecule has 0 spiro atoms. The molecular weight excluding hydrogens is 328 g/mol. The van der Waals surface area contributed by atoms with Crippen LogP contribution in [0.2, 0.25) is 0 Å². The SMILES string of the molecule is CCCn1cc(S(=O)(=O)N2CCSC(C)(C)C2)cc1CCl. The number of alkyl halides is 1. The van der Waals surface area contributed by atoms with Crippen molar-refractivity contribution < 1.29 is 8.42 Å². The maximum absolute atomic E-state index is 12.8. The Morgan fingerprint density at radius 3 is 2.71 bits per heavy atom. The van der Waals surface area contributed by atoms with Crippen molar-refractivity contribution in [2.24, 2.45) is 0 Å². The van der Waals surface area contributed by atoms with Crippen LogP contribution in [0.4, 0.5) is 0 Å². The fourth-order valence-corrected chi connectivity index (χ4v) is 5.76. The lowest BCUT2D eigenvalue weighted by molar-refractivity contribution is 0.387. The quantitative estimate of drug-likeness (QED) is 0.766. The van der Waals surface area contributed by atoms with Crippen molar-refractivity contribution in [3.63, 3.8) is 0 Å². The van der Waals surface area contributed by atoms with E-state index in [0.29, 0.717) is 23.9 Å². The Morgan fingerprint density at radius 2 is 2.14 bits per heavy atom. The molecule has 0 amide bonds. The standard InChI is InChI=1S/C14H23ClN2O2S2/c1-4-5-16-10-13(8-12(16)9-15)21(18,19)17-6-7-20-14(2,3)11-17/h8,10H,4-7,9,11H2,1-3H3. The first-order valence-electron chi connectivity index (χ1n) is 7.19. The maximum Gasteiger partial charge on any atom is 0.244 e. The highest BCUT2D eigenvalue weighted by Gasteiger charge is 2.35. The fraction of sp³-hybridized carbons (Fsp3) is 0.714. The first-order valence-corrected chi connectivity index (χ1v) is 10.2. The molecule has 1 aromatic heterocycles. The Morgan fingerprint density at radius 1 is 1.43 bits per heavy atom. The zero-order valence-electron chi connectivity index (χ0n) is 12.8. The summed E-state index contributed by atoms with van der Waals surface area (Å²) in [5, 5.41) is 0. The van der Waals surface area contributed by atoms with Crippen molar-refractivity contribution in [2.45, 2.75) is 49.3 Å². The van der Waals surface area contributed by atoms with Crippen LogP contribution in [0.5, 0.6) is 0 Å². The number of halogens is 1. The Kier molecular flexibility index (Phi) is 5.34. The van der Waals surface area contributed by atoms with Gasteiger partial charge in [0.2, 0.25) is 10.0 Å². The first-order chi connectivity index (χ1) is 9.80. The summed E-state index contributed by atoms with van der Waals surface area (Å²) in [7, 11) is -3.42. The molecule has 1 aliphatic heterocycles. The largest absolute Gasteiger partial charge is 0.349 e. The van der Waals surface area contributed by atoms with Crippen LogP contribution in [-0.4, -0.2) is 40.9 Å². The second-order valence-electron chi connectivity index (χ2n) is 5.94. The molecule has 0 saturated carbocycles. The molecule has 0 radical (unpaired) electrons. The van der Waals surface area contributed by atoms with E-state index >= 15 is 0 Å². The lowest BCUT2D eigenvalue weighted by atomic mass is 10.2. The minimum Gasteiger partial charge on any atom is -0.349 e. The number of hydrogen-bond acceptors (Lipinski definition) is 3. The molecule has 7 heteroatoms. The van der Waals surface area contributed by atoms with Gasteiger partial charge in [-0.3, -0.25) is 0 Å². The topological polar surface area (TPSA) is 42.3 Å². The molecular formula is C14H23ClN2O2S2. The predicted octanol–water partition coefficient (Wildman–Crippen LogP) is 3.15. The number of hydrogen-bond donors (Lipinski definition) is 0. The first kappa shape index (κ1) is 17.2. The molecule has 0 bridgehead atoms. The van der Waals surface area contributed by atoms with Crippen LogP contribution in [0.3, 0.4) is 0 Å². The average Bonchev–Trinajstić information content (AvgIpc) is 2.82. The van der Waals surface area contributed by atoms with E-state index in [1.807, 2.05) is 16.3 Å². The van der Waals surface area contributed by atoms with Gasteiger partial charge in [-0.1, -0.05) is 6.92 Å². The lowest BCUT2D eigenvalue weighted by Crippen LogP contribution is -2.45. The Balaban J connectivity index is 2.31. The van der Waals surface area contributed by atoms with Crippen LogP contribution in [0.15, 0.2) is 17.2 Å². The van der Waals surface area contributed by atoms with Crippen molar-refractivity contribution in [3.05, 3.63) is 18.0 Å². The molecule has 0 unspecified atom stereocenters. The van der Waals surface area contributed by atoms with Crippen LogP contribution in [0, 0.1) is 0 Å². The van der Waals surface area contributed by atoms with Gasteiger partial charge in [-0.25, -0.2) is 8.42 Å². The second kappa shape index (κ2) is 6.52. The summed E-state index contributed by atoms with van der Waals surface area (Å²) in [6.07, 6.45) is 2.68. The van der Waals surface area contributed by atoms with Gasteiger partial charge >= 0.3 is 0 Å². The minimum atomic E-state index is -3.42. The minimum absolute atomic E-state index is 0.0351. The molecule has 2 rings (SSSR count). The van der Waals surface area contributed by atoms with Gasteiger partial charge in [0.05, 0.1) is 5.88 Å². The van der Waals surface area contributed by atoms with Crippen molar-refractivity contribution in [1.82, 2.24) is 8.87 Å². The highest BCUT2D eigenvalue weighted by Crippen LogP contribution is 2.32. The van der Waals surface area contributed by atoms with Crippen molar-refractivity contribution >= 4 is 33.4 Å². The van der Waals surface area contributed by atoms with Gasteiger partial charge in [-0.2, -0.15) is 16.1 Å². The van der Waals surface area contributed by atoms with E-state index in [2.05, 4.69) is 20.8 Å². The van der Waals surface area contributed by atoms with Gasteiger partial charge in [0, 0.05) is 42.0 Å². The predicted molar refractivity (Wildman–Crippen MR) is 89.6 cm³/mol. The van der Waals surface area contributed by atoms with E-state index in [4.69, 9.17) is 11.6 Å². The second-order valence-corrected chi connectivity index (χ2v) is 9.95. The molecule has 0 N–H and O–H groups in total. The molecule has 1 fully saturated rings. The molecule has 0 aromatic carbocycles. The van der Waals surface area contributed by atoms with Gasteiger partial charge in [0.15, 0.2) is 0 Å². The van der Waals surface area contributed by atoms with E-state index in [-0.39, 0.29) is 4.75 Å². The third-order valence-corrected chi connectivity index (χ3v) is 6.97. The van der Waals surface area contributed by atoms with Gasteiger partial charge in [-0.05, 0) is 26.3 Å². The zero-order valence-corrected chi connectivity index (χ0v) is 15.2. The van der Waals surface area contributed by atoms with Gasteiger partial charge in [0.1, 0.15) is 4.90 Å². The van der Waals surface area contributed by atoms with Crippen LogP contribution >= 0.6 is 23.4 Å². The molecule has 2 heterocycles. The van der Waals surface area contributed by atoms with Crippen molar-refractivity contribution in [1.29, 1.82) is 0 Å².